The van der Waals surface area contributed by atoms with Crippen LogP contribution in [-0.4, -0.2) is 53.4 Å². The lowest BCUT2D eigenvalue weighted by Gasteiger charge is -2.23. The van der Waals surface area contributed by atoms with E-state index in [0.29, 0.717) is 32.7 Å². The van der Waals surface area contributed by atoms with Crippen molar-refractivity contribution >= 4 is 15.5 Å². The molecular weight excluding hydrogens is 352 g/mol. The molecule has 1 atom stereocenters. The van der Waals surface area contributed by atoms with Crippen LogP contribution in [0.1, 0.15) is 5.69 Å². The minimum absolute atomic E-state index is 0.0394. The van der Waals surface area contributed by atoms with E-state index in [9.17, 15) is 8.42 Å². The van der Waals surface area contributed by atoms with E-state index in [1.807, 2.05) is 28.9 Å². The number of sulfonamides is 1. The SMILES string of the molecule is O=S(=O)(c1cccnc1)N1CCOC[C@@H](Cc2nccn3cccc23)C1. The van der Waals surface area contributed by atoms with Crippen molar-refractivity contribution in [3.63, 3.8) is 0 Å². The summed E-state index contributed by atoms with van der Waals surface area (Å²) in [6.07, 6.45) is 9.26. The quantitative estimate of drug-likeness (QED) is 0.695. The van der Waals surface area contributed by atoms with Crippen molar-refractivity contribution < 1.29 is 13.2 Å². The molecule has 3 aromatic heterocycles. The van der Waals surface area contributed by atoms with Crippen molar-refractivity contribution in [1.82, 2.24) is 18.7 Å². The minimum atomic E-state index is -3.58. The molecule has 0 N–H and O–H groups in total. The lowest BCUT2D eigenvalue weighted by atomic mass is 10.0. The van der Waals surface area contributed by atoms with E-state index in [-0.39, 0.29) is 10.8 Å². The molecule has 1 aliphatic rings. The van der Waals surface area contributed by atoms with Crippen molar-refractivity contribution in [3.05, 3.63) is 60.9 Å². The topological polar surface area (TPSA) is 76.8 Å². The molecule has 0 saturated carbocycles. The van der Waals surface area contributed by atoms with Crippen LogP contribution in [0.15, 0.2) is 60.1 Å². The summed E-state index contributed by atoms with van der Waals surface area (Å²) in [5.41, 5.74) is 1.99. The number of ether oxygens (including phenoxy) is 1. The monoisotopic (exact) mass is 372 g/mol. The highest BCUT2D eigenvalue weighted by Gasteiger charge is 2.30. The minimum Gasteiger partial charge on any atom is -0.380 e. The van der Waals surface area contributed by atoms with Crippen molar-refractivity contribution in [2.45, 2.75) is 11.3 Å². The van der Waals surface area contributed by atoms with E-state index in [4.69, 9.17) is 4.74 Å². The van der Waals surface area contributed by atoms with E-state index in [1.54, 1.807) is 24.5 Å². The molecule has 0 bridgehead atoms. The van der Waals surface area contributed by atoms with E-state index in [2.05, 4.69) is 9.97 Å². The number of aromatic nitrogens is 3. The van der Waals surface area contributed by atoms with Crippen molar-refractivity contribution in [2.24, 2.45) is 5.92 Å². The molecule has 0 aromatic carbocycles. The molecule has 4 rings (SSSR count). The highest BCUT2D eigenvalue weighted by atomic mass is 32.2. The number of fused-ring (bicyclic) bond motifs is 1. The lowest BCUT2D eigenvalue weighted by Crippen LogP contribution is -2.36. The molecule has 0 amide bonds. The molecule has 136 valence electrons. The van der Waals surface area contributed by atoms with Gasteiger partial charge in [-0.3, -0.25) is 9.97 Å². The summed E-state index contributed by atoms with van der Waals surface area (Å²) in [6, 6.07) is 7.20. The Labute approximate surface area is 152 Å². The highest BCUT2D eigenvalue weighted by Crippen LogP contribution is 2.21. The smallest absolute Gasteiger partial charge is 0.244 e. The van der Waals surface area contributed by atoms with Gasteiger partial charge < -0.3 is 9.14 Å². The first kappa shape index (κ1) is 17.1. The van der Waals surface area contributed by atoms with Crippen molar-refractivity contribution in [1.29, 1.82) is 0 Å². The Kier molecular flexibility index (Phi) is 4.71. The molecular formula is C18H20N4O3S. The van der Waals surface area contributed by atoms with Gasteiger partial charge in [0.05, 0.1) is 24.4 Å². The van der Waals surface area contributed by atoms with Crippen LogP contribution in [-0.2, 0) is 21.2 Å². The van der Waals surface area contributed by atoms with Gasteiger partial charge in [-0.25, -0.2) is 8.42 Å². The highest BCUT2D eigenvalue weighted by molar-refractivity contribution is 7.89. The summed E-state index contributed by atoms with van der Waals surface area (Å²) in [5, 5.41) is 0. The van der Waals surface area contributed by atoms with E-state index in [1.165, 1.54) is 10.5 Å². The Balaban J connectivity index is 1.57. The van der Waals surface area contributed by atoms with Crippen LogP contribution in [0.5, 0.6) is 0 Å². The molecule has 0 aliphatic carbocycles. The fourth-order valence-corrected chi connectivity index (χ4v) is 4.76. The normalized spacial score (nSPS) is 19.5. The predicted octanol–water partition coefficient (Wildman–Crippen LogP) is 1.61. The Bertz CT molecular complexity index is 988. The number of nitrogens with zero attached hydrogens (tertiary/aromatic N) is 4. The number of rotatable bonds is 4. The van der Waals surface area contributed by atoms with Crippen molar-refractivity contribution in [2.75, 3.05) is 26.3 Å². The summed E-state index contributed by atoms with van der Waals surface area (Å²) in [4.78, 5) is 8.64. The maximum Gasteiger partial charge on any atom is 0.244 e. The van der Waals surface area contributed by atoms with Gasteiger partial charge in [-0.05, 0) is 30.7 Å². The van der Waals surface area contributed by atoms with Gasteiger partial charge in [0.15, 0.2) is 0 Å². The standard InChI is InChI=1S/C18H20N4O3S/c23-26(24,16-3-1-5-19-12-16)22-9-10-25-14-15(13-22)11-17-18-4-2-7-21(18)8-6-20-17/h1-8,12,15H,9-11,13-14H2/t15-/m0/s1. The van der Waals surface area contributed by atoms with E-state index in [0.717, 1.165) is 11.2 Å². The molecule has 8 heteroatoms. The van der Waals surface area contributed by atoms with Gasteiger partial charge in [-0.1, -0.05) is 0 Å². The van der Waals surface area contributed by atoms with Crippen LogP contribution in [0.2, 0.25) is 0 Å². The molecule has 0 unspecified atom stereocenters. The second-order valence-electron chi connectivity index (χ2n) is 6.37. The third-order valence-corrected chi connectivity index (χ3v) is 6.44. The largest absolute Gasteiger partial charge is 0.380 e. The molecule has 26 heavy (non-hydrogen) atoms. The van der Waals surface area contributed by atoms with Crippen LogP contribution < -0.4 is 0 Å². The number of pyridine rings is 1. The number of hydrogen-bond acceptors (Lipinski definition) is 5. The Morgan fingerprint density at radius 1 is 1.19 bits per heavy atom. The van der Waals surface area contributed by atoms with Crippen LogP contribution in [0, 0.1) is 5.92 Å². The second-order valence-corrected chi connectivity index (χ2v) is 8.31. The second kappa shape index (κ2) is 7.14. The molecule has 3 aromatic rings. The number of hydrogen-bond donors (Lipinski definition) is 0. The summed E-state index contributed by atoms with van der Waals surface area (Å²) in [7, 11) is -3.58. The van der Waals surface area contributed by atoms with Gasteiger partial charge in [-0.2, -0.15) is 4.31 Å². The first-order chi connectivity index (χ1) is 12.6. The zero-order valence-corrected chi connectivity index (χ0v) is 15.0. The van der Waals surface area contributed by atoms with Crippen LogP contribution in [0.25, 0.3) is 5.52 Å². The van der Waals surface area contributed by atoms with E-state index >= 15 is 0 Å². The maximum atomic E-state index is 12.9. The van der Waals surface area contributed by atoms with Crippen LogP contribution in [0.3, 0.4) is 0 Å². The molecule has 4 heterocycles. The Hall–Kier alpha value is -2.29. The Morgan fingerprint density at radius 3 is 2.96 bits per heavy atom. The molecule has 1 fully saturated rings. The van der Waals surface area contributed by atoms with Crippen molar-refractivity contribution in [3.8, 4) is 0 Å². The first-order valence-electron chi connectivity index (χ1n) is 8.53. The first-order valence-corrected chi connectivity index (χ1v) is 9.97. The summed E-state index contributed by atoms with van der Waals surface area (Å²) < 4.78 is 35.0. The average Bonchev–Trinajstić information content (AvgIpc) is 3.02. The van der Waals surface area contributed by atoms with Crippen LogP contribution >= 0.6 is 0 Å². The molecule has 1 aliphatic heterocycles. The molecule has 0 spiro atoms. The maximum absolute atomic E-state index is 12.9. The average molecular weight is 372 g/mol. The predicted molar refractivity (Wildman–Crippen MR) is 96.2 cm³/mol. The lowest BCUT2D eigenvalue weighted by molar-refractivity contribution is 0.123. The van der Waals surface area contributed by atoms with Gasteiger partial charge in [-0.15, -0.1) is 0 Å². The zero-order valence-electron chi connectivity index (χ0n) is 14.2. The molecule has 0 radical (unpaired) electrons. The third kappa shape index (κ3) is 3.35. The summed E-state index contributed by atoms with van der Waals surface area (Å²) in [5.74, 6) is 0.0394. The summed E-state index contributed by atoms with van der Waals surface area (Å²) >= 11 is 0. The van der Waals surface area contributed by atoms with Gasteiger partial charge in [0.2, 0.25) is 10.0 Å². The molecule has 7 nitrogen and oxygen atoms in total. The zero-order chi connectivity index (χ0) is 18.0. The van der Waals surface area contributed by atoms with Gasteiger partial charge in [0.25, 0.3) is 0 Å². The Morgan fingerprint density at radius 2 is 2.12 bits per heavy atom. The van der Waals surface area contributed by atoms with Gasteiger partial charge >= 0.3 is 0 Å². The van der Waals surface area contributed by atoms with E-state index < -0.39 is 10.0 Å². The van der Waals surface area contributed by atoms with Gasteiger partial charge in [0.1, 0.15) is 4.90 Å². The fourth-order valence-electron chi connectivity index (χ4n) is 3.30. The van der Waals surface area contributed by atoms with Gasteiger partial charge in [0, 0.05) is 50.0 Å². The molecule has 1 saturated heterocycles. The third-order valence-electron chi connectivity index (χ3n) is 4.59. The summed E-state index contributed by atoms with van der Waals surface area (Å²) in [6.45, 7) is 1.65. The van der Waals surface area contributed by atoms with Crippen LogP contribution in [0.4, 0.5) is 0 Å². The fraction of sp³-hybridized carbons (Fsp3) is 0.333.